The summed E-state index contributed by atoms with van der Waals surface area (Å²) in [6.45, 7) is -0.195. The molecule has 2 saturated heterocycles. The van der Waals surface area contributed by atoms with E-state index in [1.807, 2.05) is 0 Å². The first-order chi connectivity index (χ1) is 20.8. The van der Waals surface area contributed by atoms with Gasteiger partial charge in [0.25, 0.3) is 0 Å². The first-order valence-corrected chi connectivity index (χ1v) is 15.0. The van der Waals surface area contributed by atoms with E-state index in [0.717, 1.165) is 0 Å². The first-order valence-electron chi connectivity index (χ1n) is 15.0. The minimum absolute atomic E-state index is 0.0150. The largest absolute Gasteiger partial charge is 0.394 e. The van der Waals surface area contributed by atoms with E-state index in [9.17, 15) is 40.6 Å². The van der Waals surface area contributed by atoms with E-state index in [1.54, 1.807) is 0 Å². The number of carbonyl (C=O) groups is 1. The van der Waals surface area contributed by atoms with Gasteiger partial charge in [-0.15, -0.1) is 0 Å². The zero-order valence-corrected chi connectivity index (χ0v) is 24.6. The predicted molar refractivity (Wildman–Crippen MR) is 152 cm³/mol. The molecule has 0 spiro atoms. The Labute approximate surface area is 255 Å². The Morgan fingerprint density at radius 1 is 0.977 bits per heavy atom. The van der Waals surface area contributed by atoms with Gasteiger partial charge >= 0.3 is 6.03 Å². The third-order valence-corrected chi connectivity index (χ3v) is 8.56. The van der Waals surface area contributed by atoms with Crippen molar-refractivity contribution in [2.45, 2.75) is 105 Å². The van der Waals surface area contributed by atoms with E-state index in [-0.39, 0.29) is 39.0 Å². The normalized spacial score (nSPS) is 42.1. The minimum atomic E-state index is -1.59. The van der Waals surface area contributed by atoms with Crippen molar-refractivity contribution in [3.8, 4) is 0 Å². The standard InChI is InChI=1S/C25H52N8O11/c26-2-1-10(35)7-31-8-15-14(36)6-12(29)22(42-15)17-11(28)5-13(32-25(40)33(41)4-3-27)23(20(17)38)44-24-21(39)18(30)19(37)16(9-34)43-24/h10-24,31,34-39,41H,1-9,26-30H2,(H,32,40). The van der Waals surface area contributed by atoms with Gasteiger partial charge in [0.2, 0.25) is 0 Å². The van der Waals surface area contributed by atoms with E-state index >= 15 is 0 Å². The fourth-order valence-electron chi connectivity index (χ4n) is 6.09. The number of carbonyl (C=O) groups excluding carboxylic acids is 1. The number of nitrogens with zero attached hydrogens (tertiary/aromatic N) is 1. The topological polar surface area (TPSA) is 344 Å². The van der Waals surface area contributed by atoms with Crippen molar-refractivity contribution < 1.29 is 54.9 Å². The molecule has 1 saturated carbocycles. The Bertz CT molecular complexity index is 884. The van der Waals surface area contributed by atoms with Crippen LogP contribution in [0.2, 0.25) is 0 Å². The molecular weight excluding hydrogens is 588 g/mol. The van der Waals surface area contributed by atoms with Crippen molar-refractivity contribution in [1.82, 2.24) is 15.7 Å². The monoisotopic (exact) mass is 640 g/mol. The summed E-state index contributed by atoms with van der Waals surface area (Å²) >= 11 is 0. The molecule has 2 amide bonds. The quantitative estimate of drug-likeness (QED) is 0.0656. The van der Waals surface area contributed by atoms with Gasteiger partial charge in [-0.05, 0) is 25.8 Å². The molecule has 19 N–H and O–H groups in total. The minimum Gasteiger partial charge on any atom is -0.394 e. The van der Waals surface area contributed by atoms with Crippen LogP contribution in [0.4, 0.5) is 4.79 Å². The summed E-state index contributed by atoms with van der Waals surface area (Å²) < 4.78 is 17.8. The number of aliphatic hydroxyl groups excluding tert-OH is 6. The molecule has 3 aliphatic rings. The molecular formula is C25H52N8O11. The van der Waals surface area contributed by atoms with Crippen molar-refractivity contribution in [2.24, 2.45) is 34.6 Å². The molecule has 0 radical (unpaired) electrons. The molecule has 0 aromatic heterocycles. The van der Waals surface area contributed by atoms with Crippen LogP contribution in [0.1, 0.15) is 19.3 Å². The van der Waals surface area contributed by atoms with Gasteiger partial charge in [-0.1, -0.05) is 0 Å². The number of amides is 2. The fraction of sp³-hybridized carbons (Fsp3) is 0.960. The summed E-state index contributed by atoms with van der Waals surface area (Å²) in [4.78, 5) is 12.7. The maximum Gasteiger partial charge on any atom is 0.341 e. The number of hydrogen-bond acceptors (Lipinski definition) is 17. The Kier molecular flexibility index (Phi) is 14.3. The van der Waals surface area contributed by atoms with Gasteiger partial charge in [0, 0.05) is 37.6 Å². The molecule has 15 unspecified atom stereocenters. The maximum atomic E-state index is 12.7. The van der Waals surface area contributed by atoms with E-state index in [1.165, 1.54) is 0 Å². The number of hydrogen-bond donors (Lipinski definition) is 14. The van der Waals surface area contributed by atoms with E-state index in [0.29, 0.717) is 18.0 Å². The molecule has 44 heavy (non-hydrogen) atoms. The molecule has 0 aromatic rings. The molecule has 3 fully saturated rings. The molecule has 0 bridgehead atoms. The summed E-state index contributed by atoms with van der Waals surface area (Å²) in [7, 11) is 0. The van der Waals surface area contributed by atoms with Crippen molar-refractivity contribution in [2.75, 3.05) is 39.3 Å². The third kappa shape index (κ3) is 8.91. The third-order valence-electron chi connectivity index (χ3n) is 8.56. The summed E-state index contributed by atoms with van der Waals surface area (Å²) in [5.74, 6) is -0.913. The average molecular weight is 641 g/mol. The Hall–Kier alpha value is -1.37. The van der Waals surface area contributed by atoms with Crippen LogP contribution in [0.15, 0.2) is 0 Å². The van der Waals surface area contributed by atoms with E-state index in [4.69, 9.17) is 42.9 Å². The summed E-state index contributed by atoms with van der Waals surface area (Å²) in [5, 5.41) is 78.9. The number of aliphatic hydroxyl groups is 6. The number of nitrogens with one attached hydrogen (secondary N) is 2. The van der Waals surface area contributed by atoms with Gasteiger partial charge in [-0.2, -0.15) is 0 Å². The van der Waals surface area contributed by atoms with Gasteiger partial charge in [0.1, 0.15) is 24.4 Å². The molecule has 2 heterocycles. The van der Waals surface area contributed by atoms with Gasteiger partial charge in [-0.3, -0.25) is 5.21 Å². The van der Waals surface area contributed by atoms with Gasteiger partial charge in [0.15, 0.2) is 6.29 Å². The Balaban J connectivity index is 1.83. The first kappa shape index (κ1) is 37.1. The van der Waals surface area contributed by atoms with Crippen LogP contribution >= 0.6 is 0 Å². The van der Waals surface area contributed by atoms with Crippen molar-refractivity contribution in [1.29, 1.82) is 0 Å². The highest BCUT2D eigenvalue weighted by molar-refractivity contribution is 5.73. The number of nitrogens with two attached hydrogens (primary N) is 5. The van der Waals surface area contributed by atoms with Gasteiger partial charge < -0.3 is 84.2 Å². The molecule has 1 aliphatic carbocycles. The lowest BCUT2D eigenvalue weighted by atomic mass is 9.72. The maximum absolute atomic E-state index is 12.7. The number of ether oxygens (including phenoxy) is 3. The molecule has 19 heteroatoms. The second-order valence-corrected chi connectivity index (χ2v) is 11.8. The van der Waals surface area contributed by atoms with Crippen molar-refractivity contribution in [3.05, 3.63) is 0 Å². The highest BCUT2D eigenvalue weighted by atomic mass is 16.7. The SMILES string of the molecule is NCCC(O)CNCC1OC(C2C(N)CC(NC(=O)N(O)CCN)C(OC3OC(CO)C(O)C(N)C3O)C2O)C(N)CC1O. The van der Waals surface area contributed by atoms with Crippen molar-refractivity contribution >= 4 is 6.03 Å². The van der Waals surface area contributed by atoms with E-state index < -0.39 is 104 Å². The molecule has 258 valence electrons. The smallest absolute Gasteiger partial charge is 0.341 e. The van der Waals surface area contributed by atoms with Crippen LogP contribution in [0, 0.1) is 5.92 Å². The molecule has 3 rings (SSSR count). The van der Waals surface area contributed by atoms with Crippen LogP contribution in [0.3, 0.4) is 0 Å². The van der Waals surface area contributed by atoms with Crippen molar-refractivity contribution in [3.63, 3.8) is 0 Å². The van der Waals surface area contributed by atoms with Crippen LogP contribution < -0.4 is 39.3 Å². The molecule has 2 aliphatic heterocycles. The molecule has 0 aromatic carbocycles. The molecule has 15 atom stereocenters. The van der Waals surface area contributed by atoms with Crippen LogP contribution in [-0.4, -0.2) is 172 Å². The zero-order valence-electron chi connectivity index (χ0n) is 24.6. The predicted octanol–water partition coefficient (Wildman–Crippen LogP) is -7.28. The lowest BCUT2D eigenvalue weighted by Gasteiger charge is -2.51. The Morgan fingerprint density at radius 3 is 2.32 bits per heavy atom. The lowest BCUT2D eigenvalue weighted by Crippen LogP contribution is -2.70. The van der Waals surface area contributed by atoms with Crippen LogP contribution in [0.5, 0.6) is 0 Å². The average Bonchev–Trinajstić information content (AvgIpc) is 2.97. The lowest BCUT2D eigenvalue weighted by molar-refractivity contribution is -0.306. The number of urea groups is 1. The second kappa shape index (κ2) is 17.0. The van der Waals surface area contributed by atoms with E-state index in [2.05, 4.69) is 10.6 Å². The Morgan fingerprint density at radius 2 is 1.68 bits per heavy atom. The van der Waals surface area contributed by atoms with Gasteiger partial charge in [0.05, 0.1) is 55.8 Å². The summed E-state index contributed by atoms with van der Waals surface area (Å²) in [5.41, 5.74) is 29.8. The second-order valence-electron chi connectivity index (χ2n) is 11.8. The van der Waals surface area contributed by atoms with Gasteiger partial charge in [-0.25, -0.2) is 9.86 Å². The fourth-order valence-corrected chi connectivity index (χ4v) is 6.09. The van der Waals surface area contributed by atoms with Crippen LogP contribution in [-0.2, 0) is 14.2 Å². The zero-order chi connectivity index (χ0) is 32.7. The number of hydroxylamine groups is 2. The highest BCUT2D eigenvalue weighted by Gasteiger charge is 2.53. The highest BCUT2D eigenvalue weighted by Crippen LogP contribution is 2.36. The van der Waals surface area contributed by atoms with Crippen LogP contribution in [0.25, 0.3) is 0 Å². The number of rotatable bonds is 13. The molecule has 19 nitrogen and oxygen atoms in total. The summed E-state index contributed by atoms with van der Waals surface area (Å²) in [6.07, 6.45) is -11.4. The summed E-state index contributed by atoms with van der Waals surface area (Å²) in [6, 6.07) is -4.88.